The van der Waals surface area contributed by atoms with Crippen LogP contribution in [0.3, 0.4) is 0 Å². The Morgan fingerprint density at radius 2 is 1.80 bits per heavy atom. The lowest BCUT2D eigenvalue weighted by Crippen LogP contribution is -2.21. The molecule has 0 amide bonds. The van der Waals surface area contributed by atoms with Gasteiger partial charge in [-0.15, -0.1) is 0 Å². The first-order chi connectivity index (χ1) is 9.56. The Balaban J connectivity index is 2.42. The highest BCUT2D eigenvalue weighted by molar-refractivity contribution is 9.10. The maximum atomic E-state index is 10.7. The number of aliphatic hydroxyl groups is 1. The maximum absolute atomic E-state index is 10.7. The molecular weight excluding hydrogens is 338 g/mol. The van der Waals surface area contributed by atoms with Crippen LogP contribution in [-0.2, 0) is 0 Å². The molecule has 2 rings (SSSR count). The lowest BCUT2D eigenvalue weighted by molar-refractivity contribution is 0.146. The number of benzene rings is 2. The monoisotopic (exact) mass is 353 g/mol. The van der Waals surface area contributed by atoms with E-state index in [0.717, 1.165) is 21.2 Å². The summed E-state index contributed by atoms with van der Waals surface area (Å²) in [7, 11) is 0. The molecule has 0 saturated carbocycles. The number of hydrogen-bond acceptors (Lipinski definition) is 2. The van der Waals surface area contributed by atoms with Crippen LogP contribution in [0, 0.1) is 6.92 Å². The smallest absolute Gasteiger partial charge is 0.0874 e. The summed E-state index contributed by atoms with van der Waals surface area (Å²) in [5, 5.41) is 11.4. The molecule has 2 nitrogen and oxygen atoms in total. The first-order valence-corrected chi connectivity index (χ1v) is 7.61. The van der Waals surface area contributed by atoms with Gasteiger partial charge in [-0.05, 0) is 35.7 Å². The largest absolute Gasteiger partial charge is 0.388 e. The lowest BCUT2D eigenvalue weighted by Gasteiger charge is -2.25. The van der Waals surface area contributed by atoms with Gasteiger partial charge < -0.3 is 10.8 Å². The van der Waals surface area contributed by atoms with Crippen molar-refractivity contribution in [3.8, 4) is 0 Å². The van der Waals surface area contributed by atoms with Crippen molar-refractivity contribution in [2.24, 2.45) is 5.73 Å². The molecule has 0 aliphatic rings. The molecule has 106 valence electrons. The molecule has 20 heavy (non-hydrogen) atoms. The summed E-state index contributed by atoms with van der Waals surface area (Å²) in [6, 6.07) is 13.4. The van der Waals surface area contributed by atoms with Gasteiger partial charge in [0.05, 0.1) is 6.10 Å². The predicted octanol–water partition coefficient (Wildman–Crippen LogP) is 4.19. The molecule has 0 fully saturated rings. The molecule has 0 spiro atoms. The molecule has 2 aromatic rings. The van der Waals surface area contributed by atoms with Gasteiger partial charge in [0, 0.05) is 22.0 Å². The van der Waals surface area contributed by atoms with Crippen molar-refractivity contribution in [3.63, 3.8) is 0 Å². The van der Waals surface area contributed by atoms with E-state index >= 15 is 0 Å². The lowest BCUT2D eigenvalue weighted by atomic mass is 9.87. The minimum Gasteiger partial charge on any atom is -0.388 e. The standard InChI is InChI=1S/C16H17BrClNO/c1-10-11(6-4-8-15(10)18)16(20)13(9-19)12-5-2-3-7-14(12)17/h2-8,13,16,20H,9,19H2,1H3. The fourth-order valence-corrected chi connectivity index (χ4v) is 3.12. The zero-order valence-corrected chi connectivity index (χ0v) is 13.5. The molecule has 0 bridgehead atoms. The van der Waals surface area contributed by atoms with Crippen LogP contribution in [-0.4, -0.2) is 11.7 Å². The fraction of sp³-hybridized carbons (Fsp3) is 0.250. The van der Waals surface area contributed by atoms with Crippen molar-refractivity contribution in [2.45, 2.75) is 18.9 Å². The number of nitrogens with two attached hydrogens (primary N) is 1. The molecule has 2 atom stereocenters. The number of rotatable bonds is 4. The van der Waals surface area contributed by atoms with Crippen LogP contribution in [0.15, 0.2) is 46.9 Å². The number of hydrogen-bond donors (Lipinski definition) is 2. The van der Waals surface area contributed by atoms with Gasteiger partial charge in [0.1, 0.15) is 0 Å². The highest BCUT2D eigenvalue weighted by Crippen LogP contribution is 2.36. The molecule has 0 saturated heterocycles. The molecule has 0 aliphatic heterocycles. The Bertz CT molecular complexity index is 603. The second kappa shape index (κ2) is 6.72. The van der Waals surface area contributed by atoms with Gasteiger partial charge in [-0.1, -0.05) is 57.9 Å². The third-order valence-corrected chi connectivity index (χ3v) is 4.70. The first-order valence-electron chi connectivity index (χ1n) is 6.43. The van der Waals surface area contributed by atoms with Gasteiger partial charge >= 0.3 is 0 Å². The Morgan fingerprint density at radius 3 is 2.45 bits per heavy atom. The average molecular weight is 355 g/mol. The van der Waals surface area contributed by atoms with E-state index in [0.29, 0.717) is 11.6 Å². The summed E-state index contributed by atoms with van der Waals surface area (Å²) in [5.74, 6) is -0.178. The van der Waals surface area contributed by atoms with Crippen LogP contribution in [0.4, 0.5) is 0 Å². The Morgan fingerprint density at radius 1 is 1.15 bits per heavy atom. The Hall–Kier alpha value is -0.870. The van der Waals surface area contributed by atoms with E-state index in [1.165, 1.54) is 0 Å². The fourth-order valence-electron chi connectivity index (χ4n) is 2.36. The maximum Gasteiger partial charge on any atom is 0.0874 e. The van der Waals surface area contributed by atoms with E-state index in [2.05, 4.69) is 15.9 Å². The quantitative estimate of drug-likeness (QED) is 0.865. The molecule has 0 heterocycles. The van der Waals surface area contributed by atoms with Crippen molar-refractivity contribution in [3.05, 3.63) is 68.7 Å². The minimum atomic E-state index is -0.683. The van der Waals surface area contributed by atoms with E-state index < -0.39 is 6.10 Å². The molecule has 0 aliphatic carbocycles. The van der Waals surface area contributed by atoms with E-state index in [1.54, 1.807) is 0 Å². The van der Waals surface area contributed by atoms with Gasteiger partial charge in [-0.3, -0.25) is 0 Å². The van der Waals surface area contributed by atoms with Gasteiger partial charge in [0.25, 0.3) is 0 Å². The molecular formula is C16H17BrClNO. The van der Waals surface area contributed by atoms with E-state index in [9.17, 15) is 5.11 Å². The van der Waals surface area contributed by atoms with Gasteiger partial charge in [0.2, 0.25) is 0 Å². The summed E-state index contributed by atoms with van der Waals surface area (Å²) in [5.41, 5.74) is 8.61. The van der Waals surface area contributed by atoms with Crippen LogP contribution in [0.25, 0.3) is 0 Å². The van der Waals surface area contributed by atoms with Gasteiger partial charge in [0.15, 0.2) is 0 Å². The van der Waals surface area contributed by atoms with Crippen LogP contribution >= 0.6 is 27.5 Å². The van der Waals surface area contributed by atoms with Crippen molar-refractivity contribution in [1.82, 2.24) is 0 Å². The Kier molecular flexibility index (Phi) is 5.22. The second-order valence-corrected chi connectivity index (χ2v) is 6.02. The van der Waals surface area contributed by atoms with Crippen molar-refractivity contribution < 1.29 is 5.11 Å². The average Bonchev–Trinajstić information content (AvgIpc) is 2.44. The Labute approximate surface area is 132 Å². The third-order valence-electron chi connectivity index (χ3n) is 3.57. The summed E-state index contributed by atoms with van der Waals surface area (Å²) in [4.78, 5) is 0. The zero-order valence-electron chi connectivity index (χ0n) is 11.2. The second-order valence-electron chi connectivity index (χ2n) is 4.76. The van der Waals surface area contributed by atoms with Gasteiger partial charge in [-0.2, -0.15) is 0 Å². The van der Waals surface area contributed by atoms with E-state index in [1.807, 2.05) is 49.4 Å². The zero-order chi connectivity index (χ0) is 14.7. The minimum absolute atomic E-state index is 0.178. The van der Waals surface area contributed by atoms with Crippen LogP contribution in [0.2, 0.25) is 5.02 Å². The molecule has 3 N–H and O–H groups in total. The van der Waals surface area contributed by atoms with E-state index in [4.69, 9.17) is 17.3 Å². The van der Waals surface area contributed by atoms with Crippen LogP contribution in [0.1, 0.15) is 28.7 Å². The van der Waals surface area contributed by atoms with Crippen molar-refractivity contribution in [1.29, 1.82) is 0 Å². The van der Waals surface area contributed by atoms with Gasteiger partial charge in [-0.25, -0.2) is 0 Å². The summed E-state index contributed by atoms with van der Waals surface area (Å²) in [6.45, 7) is 2.27. The van der Waals surface area contributed by atoms with Crippen LogP contribution in [0.5, 0.6) is 0 Å². The third kappa shape index (κ3) is 3.07. The molecule has 4 heteroatoms. The predicted molar refractivity (Wildman–Crippen MR) is 87.1 cm³/mol. The first kappa shape index (κ1) is 15.5. The van der Waals surface area contributed by atoms with E-state index in [-0.39, 0.29) is 5.92 Å². The highest BCUT2D eigenvalue weighted by atomic mass is 79.9. The summed E-state index contributed by atoms with van der Waals surface area (Å²) < 4.78 is 0.953. The topological polar surface area (TPSA) is 46.2 Å². The highest BCUT2D eigenvalue weighted by Gasteiger charge is 2.24. The van der Waals surface area contributed by atoms with Crippen molar-refractivity contribution in [2.75, 3.05) is 6.54 Å². The number of halogens is 2. The summed E-state index contributed by atoms with van der Waals surface area (Å²) in [6.07, 6.45) is -0.683. The summed E-state index contributed by atoms with van der Waals surface area (Å²) >= 11 is 9.65. The SMILES string of the molecule is Cc1c(Cl)cccc1C(O)C(CN)c1ccccc1Br. The molecule has 2 unspecified atom stereocenters. The van der Waals surface area contributed by atoms with Crippen molar-refractivity contribution >= 4 is 27.5 Å². The molecule has 2 aromatic carbocycles. The number of aliphatic hydroxyl groups excluding tert-OH is 1. The normalized spacial score (nSPS) is 14.1. The van der Waals surface area contributed by atoms with Crippen LogP contribution < -0.4 is 5.73 Å². The molecule has 0 radical (unpaired) electrons. The molecule has 0 aromatic heterocycles.